The van der Waals surface area contributed by atoms with Gasteiger partial charge in [0.25, 0.3) is 11.8 Å². The monoisotopic (exact) mass is 358 g/mol. The van der Waals surface area contributed by atoms with Crippen molar-refractivity contribution in [3.63, 3.8) is 0 Å². The SMILES string of the molecule is O=C(N[C@H]1CCCC[C@@H]1NC(=O)c1ccc(F)cc1)c1ccc(F)cc1. The summed E-state index contributed by atoms with van der Waals surface area (Å²) in [6.45, 7) is 0. The zero-order valence-corrected chi connectivity index (χ0v) is 14.2. The van der Waals surface area contributed by atoms with Gasteiger partial charge < -0.3 is 10.6 Å². The Bertz CT molecular complexity index is 708. The van der Waals surface area contributed by atoms with E-state index in [1.165, 1.54) is 48.5 Å². The molecule has 3 rings (SSSR count). The third-order valence-electron chi connectivity index (χ3n) is 4.61. The van der Waals surface area contributed by atoms with Gasteiger partial charge in [-0.05, 0) is 61.4 Å². The second kappa shape index (κ2) is 8.08. The maximum absolute atomic E-state index is 13.0. The highest BCUT2D eigenvalue weighted by atomic mass is 19.1. The molecule has 0 heterocycles. The van der Waals surface area contributed by atoms with Gasteiger partial charge in [-0.1, -0.05) is 12.8 Å². The lowest BCUT2D eigenvalue weighted by atomic mass is 9.89. The maximum Gasteiger partial charge on any atom is 0.251 e. The van der Waals surface area contributed by atoms with Crippen LogP contribution in [-0.4, -0.2) is 23.9 Å². The van der Waals surface area contributed by atoms with Gasteiger partial charge in [-0.2, -0.15) is 0 Å². The minimum Gasteiger partial charge on any atom is -0.347 e. The lowest BCUT2D eigenvalue weighted by Gasteiger charge is -2.32. The van der Waals surface area contributed by atoms with Gasteiger partial charge in [-0.3, -0.25) is 9.59 Å². The van der Waals surface area contributed by atoms with Crippen LogP contribution < -0.4 is 10.6 Å². The van der Waals surface area contributed by atoms with E-state index in [1.807, 2.05) is 0 Å². The number of hydrogen-bond acceptors (Lipinski definition) is 2. The van der Waals surface area contributed by atoms with Gasteiger partial charge in [0.2, 0.25) is 0 Å². The first kappa shape index (κ1) is 18.0. The Balaban J connectivity index is 1.65. The fourth-order valence-electron chi connectivity index (χ4n) is 3.18. The predicted octanol–water partition coefficient (Wildman–Crippen LogP) is 3.44. The van der Waals surface area contributed by atoms with Crippen LogP contribution in [-0.2, 0) is 0 Å². The minimum atomic E-state index is -0.399. The molecule has 2 aromatic carbocycles. The van der Waals surface area contributed by atoms with Gasteiger partial charge in [0.15, 0.2) is 0 Å². The fraction of sp³-hybridized carbons (Fsp3) is 0.300. The Hall–Kier alpha value is -2.76. The molecule has 1 aliphatic rings. The number of carbonyl (C=O) groups excluding carboxylic acids is 2. The minimum absolute atomic E-state index is 0.203. The van der Waals surface area contributed by atoms with Crippen LogP contribution in [0.5, 0.6) is 0 Å². The quantitative estimate of drug-likeness (QED) is 0.880. The smallest absolute Gasteiger partial charge is 0.251 e. The molecule has 2 N–H and O–H groups in total. The van der Waals surface area contributed by atoms with Crippen LogP contribution in [0.3, 0.4) is 0 Å². The summed E-state index contributed by atoms with van der Waals surface area (Å²) in [6.07, 6.45) is 3.41. The summed E-state index contributed by atoms with van der Waals surface area (Å²) in [5.74, 6) is -1.39. The molecule has 0 spiro atoms. The molecule has 26 heavy (non-hydrogen) atoms. The largest absolute Gasteiger partial charge is 0.347 e. The highest BCUT2D eigenvalue weighted by Crippen LogP contribution is 2.20. The first-order valence-electron chi connectivity index (χ1n) is 8.66. The Morgan fingerprint density at radius 1 is 0.692 bits per heavy atom. The van der Waals surface area contributed by atoms with Crippen LogP contribution in [0.15, 0.2) is 48.5 Å². The van der Waals surface area contributed by atoms with E-state index >= 15 is 0 Å². The average molecular weight is 358 g/mol. The molecule has 0 unspecified atom stereocenters. The summed E-state index contributed by atoms with van der Waals surface area (Å²) in [6, 6.07) is 10.3. The van der Waals surface area contributed by atoms with Crippen molar-refractivity contribution in [2.75, 3.05) is 0 Å². The Kier molecular flexibility index (Phi) is 5.61. The van der Waals surface area contributed by atoms with Crippen LogP contribution in [0.25, 0.3) is 0 Å². The van der Waals surface area contributed by atoms with Crippen LogP contribution in [0.4, 0.5) is 8.78 Å². The third-order valence-corrected chi connectivity index (χ3v) is 4.61. The standard InChI is InChI=1S/C20H20F2N2O2/c21-15-9-5-13(6-10-15)19(25)23-17-3-1-2-4-18(17)24-20(26)14-7-11-16(22)12-8-14/h5-12,17-18H,1-4H2,(H,23,25)(H,24,26)/t17-,18-/m0/s1. The highest BCUT2D eigenvalue weighted by Gasteiger charge is 2.28. The zero-order valence-electron chi connectivity index (χ0n) is 14.2. The molecule has 0 aromatic heterocycles. The molecule has 1 fully saturated rings. The van der Waals surface area contributed by atoms with Gasteiger partial charge >= 0.3 is 0 Å². The number of amides is 2. The number of carbonyl (C=O) groups is 2. The zero-order chi connectivity index (χ0) is 18.5. The van der Waals surface area contributed by atoms with Crippen molar-refractivity contribution < 1.29 is 18.4 Å². The molecular formula is C20H20F2N2O2. The summed E-state index contributed by atoms with van der Waals surface area (Å²) in [7, 11) is 0. The first-order chi connectivity index (χ1) is 12.5. The van der Waals surface area contributed by atoms with Crippen molar-refractivity contribution in [2.45, 2.75) is 37.8 Å². The fourth-order valence-corrected chi connectivity index (χ4v) is 3.18. The van der Waals surface area contributed by atoms with Crippen molar-refractivity contribution >= 4 is 11.8 Å². The molecule has 6 heteroatoms. The summed E-state index contributed by atoms with van der Waals surface area (Å²) in [4.78, 5) is 24.8. The second-order valence-electron chi connectivity index (χ2n) is 6.46. The molecule has 2 atom stereocenters. The van der Waals surface area contributed by atoms with E-state index in [0.29, 0.717) is 11.1 Å². The predicted molar refractivity (Wildman–Crippen MR) is 93.8 cm³/mol. The van der Waals surface area contributed by atoms with Crippen molar-refractivity contribution in [1.82, 2.24) is 10.6 Å². The number of nitrogens with one attached hydrogen (secondary N) is 2. The van der Waals surface area contributed by atoms with Crippen LogP contribution in [0, 0.1) is 11.6 Å². The summed E-state index contributed by atoms with van der Waals surface area (Å²) in [5, 5.41) is 5.87. The van der Waals surface area contributed by atoms with Gasteiger partial charge in [0.1, 0.15) is 11.6 Å². The lowest BCUT2D eigenvalue weighted by Crippen LogP contribution is -2.53. The number of benzene rings is 2. The average Bonchev–Trinajstić information content (AvgIpc) is 2.64. The molecule has 2 amide bonds. The molecule has 0 bridgehead atoms. The van der Waals surface area contributed by atoms with E-state index in [9.17, 15) is 18.4 Å². The molecule has 0 saturated heterocycles. The van der Waals surface area contributed by atoms with E-state index in [4.69, 9.17) is 0 Å². The topological polar surface area (TPSA) is 58.2 Å². The van der Waals surface area contributed by atoms with Gasteiger partial charge in [0, 0.05) is 23.2 Å². The Labute approximate surface area is 150 Å². The van der Waals surface area contributed by atoms with Gasteiger partial charge in [0.05, 0.1) is 0 Å². The molecule has 1 saturated carbocycles. The molecule has 4 nitrogen and oxygen atoms in total. The summed E-state index contributed by atoms with van der Waals surface area (Å²) >= 11 is 0. The molecule has 0 radical (unpaired) electrons. The van der Waals surface area contributed by atoms with Crippen LogP contribution in [0.1, 0.15) is 46.4 Å². The van der Waals surface area contributed by atoms with E-state index in [-0.39, 0.29) is 23.9 Å². The number of rotatable bonds is 4. The van der Waals surface area contributed by atoms with Crippen LogP contribution in [0.2, 0.25) is 0 Å². The molecule has 1 aliphatic carbocycles. The Morgan fingerprint density at radius 3 is 1.38 bits per heavy atom. The van der Waals surface area contributed by atoms with E-state index < -0.39 is 11.6 Å². The third kappa shape index (κ3) is 4.45. The van der Waals surface area contributed by atoms with Crippen molar-refractivity contribution in [1.29, 1.82) is 0 Å². The van der Waals surface area contributed by atoms with Crippen molar-refractivity contribution in [2.24, 2.45) is 0 Å². The van der Waals surface area contributed by atoms with Gasteiger partial charge in [-0.25, -0.2) is 8.78 Å². The molecule has 2 aromatic rings. The molecule has 136 valence electrons. The van der Waals surface area contributed by atoms with Crippen molar-refractivity contribution in [3.8, 4) is 0 Å². The summed E-state index contributed by atoms with van der Waals surface area (Å²) < 4.78 is 26.0. The summed E-state index contributed by atoms with van der Waals surface area (Å²) in [5.41, 5.74) is 0.751. The highest BCUT2D eigenvalue weighted by molar-refractivity contribution is 5.95. The normalized spacial score (nSPS) is 19.6. The second-order valence-corrected chi connectivity index (χ2v) is 6.46. The first-order valence-corrected chi connectivity index (χ1v) is 8.66. The van der Waals surface area contributed by atoms with Crippen molar-refractivity contribution in [3.05, 3.63) is 71.3 Å². The van der Waals surface area contributed by atoms with E-state index in [0.717, 1.165) is 25.7 Å². The Morgan fingerprint density at radius 2 is 1.04 bits per heavy atom. The van der Waals surface area contributed by atoms with Gasteiger partial charge in [-0.15, -0.1) is 0 Å². The van der Waals surface area contributed by atoms with E-state index in [2.05, 4.69) is 10.6 Å². The number of hydrogen-bond donors (Lipinski definition) is 2. The van der Waals surface area contributed by atoms with Crippen LogP contribution >= 0.6 is 0 Å². The maximum atomic E-state index is 13.0. The molecule has 0 aliphatic heterocycles. The number of halogens is 2. The molecular weight excluding hydrogens is 338 g/mol. The van der Waals surface area contributed by atoms with E-state index in [1.54, 1.807) is 0 Å². The lowest BCUT2D eigenvalue weighted by molar-refractivity contribution is 0.0862.